The molecule has 0 N–H and O–H groups in total. The third-order valence-corrected chi connectivity index (χ3v) is 6.50. The number of amides is 1. The first-order valence-electron chi connectivity index (χ1n) is 9.89. The van der Waals surface area contributed by atoms with Gasteiger partial charge in [-0.05, 0) is 65.2 Å². The van der Waals surface area contributed by atoms with Crippen molar-refractivity contribution in [1.29, 1.82) is 0 Å². The number of anilines is 1. The van der Waals surface area contributed by atoms with E-state index in [-0.39, 0.29) is 18.0 Å². The van der Waals surface area contributed by atoms with E-state index >= 15 is 0 Å². The maximum absolute atomic E-state index is 13.7. The van der Waals surface area contributed by atoms with Crippen LogP contribution < -0.4 is 4.90 Å². The summed E-state index contributed by atoms with van der Waals surface area (Å²) in [6.45, 7) is 5.13. The summed E-state index contributed by atoms with van der Waals surface area (Å²) in [5.74, 6) is -0.161. The Kier molecular flexibility index (Phi) is 6.44. The molecule has 0 aromatic heterocycles. The van der Waals surface area contributed by atoms with Crippen molar-refractivity contribution < 1.29 is 9.53 Å². The summed E-state index contributed by atoms with van der Waals surface area (Å²) >= 11 is 16.0. The third-order valence-electron chi connectivity index (χ3n) is 5.58. The zero-order valence-corrected chi connectivity index (χ0v) is 20.5. The quantitative estimate of drug-likeness (QED) is 0.502. The predicted octanol–water partition coefficient (Wildman–Crippen LogP) is 5.75. The molecule has 2 aromatic rings. The Bertz CT molecular complexity index is 1080. The van der Waals surface area contributed by atoms with Crippen LogP contribution in [0.25, 0.3) is 0 Å². The Morgan fingerprint density at radius 2 is 1.87 bits per heavy atom. The molecule has 1 unspecified atom stereocenters. The molecular formula is C23H22BrCl2N3O2. The maximum atomic E-state index is 13.7. The topological polar surface area (TPSA) is 45.1 Å². The molecule has 0 saturated carbocycles. The molecule has 0 radical (unpaired) electrons. The van der Waals surface area contributed by atoms with Crippen LogP contribution in [0.5, 0.6) is 0 Å². The summed E-state index contributed by atoms with van der Waals surface area (Å²) in [6.07, 6.45) is 0. The van der Waals surface area contributed by atoms with Gasteiger partial charge in [0.15, 0.2) is 5.70 Å². The van der Waals surface area contributed by atoms with E-state index in [0.717, 1.165) is 22.5 Å². The van der Waals surface area contributed by atoms with Crippen molar-refractivity contribution in [2.75, 3.05) is 25.2 Å². The Morgan fingerprint density at radius 1 is 1.19 bits per heavy atom. The number of rotatable bonds is 5. The Balaban J connectivity index is 1.93. The normalized spacial score (nSPS) is 19.6. The van der Waals surface area contributed by atoms with Gasteiger partial charge in [-0.3, -0.25) is 9.69 Å². The summed E-state index contributed by atoms with van der Waals surface area (Å²) in [4.78, 5) is 22.3. The van der Waals surface area contributed by atoms with Gasteiger partial charge >= 0.3 is 0 Å². The van der Waals surface area contributed by atoms with Gasteiger partial charge in [0.1, 0.15) is 10.7 Å². The van der Waals surface area contributed by atoms with Crippen LogP contribution in [-0.4, -0.2) is 41.7 Å². The summed E-state index contributed by atoms with van der Waals surface area (Å²) in [7, 11) is 1.68. The highest BCUT2D eigenvalue weighted by Crippen LogP contribution is 2.46. The molecule has 2 aromatic carbocycles. The van der Waals surface area contributed by atoms with Crippen LogP contribution >= 0.6 is 39.1 Å². The lowest BCUT2D eigenvalue weighted by Crippen LogP contribution is -2.42. The second kappa shape index (κ2) is 8.94. The molecule has 2 heterocycles. The summed E-state index contributed by atoms with van der Waals surface area (Å²) in [5.41, 5.74) is 3.96. The summed E-state index contributed by atoms with van der Waals surface area (Å²) in [6, 6.07) is 12.9. The molecule has 0 spiro atoms. The summed E-state index contributed by atoms with van der Waals surface area (Å²) < 4.78 is 6.13. The van der Waals surface area contributed by atoms with Gasteiger partial charge in [-0.2, -0.15) is 0 Å². The van der Waals surface area contributed by atoms with Gasteiger partial charge in [0.05, 0.1) is 18.8 Å². The Labute approximate surface area is 200 Å². The molecule has 8 heteroatoms. The van der Waals surface area contributed by atoms with Gasteiger partial charge in [-0.1, -0.05) is 41.4 Å². The van der Waals surface area contributed by atoms with E-state index in [2.05, 4.69) is 32.7 Å². The number of nitrogens with zero attached hydrogens (tertiary/aromatic N) is 3. The largest absolute Gasteiger partial charge is 0.383 e. The zero-order chi connectivity index (χ0) is 22.3. The fraction of sp³-hybridized carbons (Fsp3) is 0.304. The minimum Gasteiger partial charge on any atom is -0.383 e. The SMILES string of the molecule is COC[C@@H](C)N1CC(Br)=NC2=C1C(c1ccc(Cl)cc1)N(c1cc(Cl)ccc1C)C2=O. The van der Waals surface area contributed by atoms with Gasteiger partial charge < -0.3 is 9.64 Å². The molecule has 2 atom stereocenters. The van der Waals surface area contributed by atoms with E-state index in [4.69, 9.17) is 27.9 Å². The molecule has 4 rings (SSSR count). The highest BCUT2D eigenvalue weighted by atomic mass is 79.9. The zero-order valence-electron chi connectivity index (χ0n) is 17.4. The number of halogens is 3. The number of aliphatic imine (C=N–C) groups is 1. The van der Waals surface area contributed by atoms with Crippen LogP contribution in [0.4, 0.5) is 5.69 Å². The van der Waals surface area contributed by atoms with Crippen LogP contribution in [0, 0.1) is 6.92 Å². The second-order valence-corrected chi connectivity index (χ2v) is 9.50. The van der Waals surface area contributed by atoms with Crippen LogP contribution in [0.3, 0.4) is 0 Å². The number of hydrogen-bond donors (Lipinski definition) is 0. The standard InChI is InChI=1S/C23H22BrCl2N3O2/c1-13-4-7-17(26)10-18(13)29-21(15-5-8-16(25)9-6-15)22-20(23(29)30)27-19(24)11-28(22)14(2)12-31-3/h4-10,14,21H,11-12H2,1-3H3/t14-,21?/m1/s1. The average molecular weight is 523 g/mol. The van der Waals surface area contributed by atoms with Crippen molar-refractivity contribution in [1.82, 2.24) is 4.90 Å². The van der Waals surface area contributed by atoms with Crippen molar-refractivity contribution >= 4 is 55.3 Å². The molecule has 0 bridgehead atoms. The van der Waals surface area contributed by atoms with Gasteiger partial charge in [0, 0.05) is 28.9 Å². The van der Waals surface area contributed by atoms with E-state index in [0.29, 0.717) is 33.5 Å². The first-order chi connectivity index (χ1) is 14.8. The van der Waals surface area contributed by atoms with Crippen molar-refractivity contribution in [3.05, 3.63) is 75.0 Å². The lowest BCUT2D eigenvalue weighted by Gasteiger charge is -2.38. The molecule has 0 saturated heterocycles. The molecular weight excluding hydrogens is 501 g/mol. The molecule has 162 valence electrons. The second-order valence-electron chi connectivity index (χ2n) is 7.71. The lowest BCUT2D eigenvalue weighted by atomic mass is 10.00. The highest BCUT2D eigenvalue weighted by molar-refractivity contribution is 9.18. The number of hydrogen-bond acceptors (Lipinski definition) is 4. The number of ether oxygens (including phenoxy) is 1. The first kappa shape index (κ1) is 22.3. The number of carbonyl (C=O) groups is 1. The average Bonchev–Trinajstić information content (AvgIpc) is 3.02. The number of methoxy groups -OCH3 is 1. The van der Waals surface area contributed by atoms with Crippen molar-refractivity contribution in [3.8, 4) is 0 Å². The predicted molar refractivity (Wildman–Crippen MR) is 129 cm³/mol. The molecule has 2 aliphatic rings. The minimum absolute atomic E-state index is 0.0426. The van der Waals surface area contributed by atoms with Gasteiger partial charge in [0.25, 0.3) is 5.91 Å². The fourth-order valence-electron chi connectivity index (χ4n) is 4.14. The third kappa shape index (κ3) is 4.14. The number of benzene rings is 2. The number of carbonyl (C=O) groups excluding carboxylic acids is 1. The number of aryl methyl sites for hydroxylation is 1. The van der Waals surface area contributed by atoms with E-state index < -0.39 is 0 Å². The van der Waals surface area contributed by atoms with Gasteiger partial charge in [-0.15, -0.1) is 0 Å². The van der Waals surface area contributed by atoms with E-state index in [1.54, 1.807) is 12.0 Å². The van der Waals surface area contributed by atoms with Crippen LogP contribution in [0.2, 0.25) is 10.0 Å². The van der Waals surface area contributed by atoms with E-state index in [1.165, 1.54) is 0 Å². The smallest absolute Gasteiger partial charge is 0.279 e. The highest BCUT2D eigenvalue weighted by Gasteiger charge is 2.46. The van der Waals surface area contributed by atoms with Crippen molar-refractivity contribution in [2.24, 2.45) is 4.99 Å². The molecule has 0 fully saturated rings. The monoisotopic (exact) mass is 521 g/mol. The molecule has 5 nitrogen and oxygen atoms in total. The van der Waals surface area contributed by atoms with E-state index in [1.807, 2.05) is 49.4 Å². The summed E-state index contributed by atoms with van der Waals surface area (Å²) in [5, 5.41) is 1.21. The van der Waals surface area contributed by atoms with Crippen LogP contribution in [0.1, 0.15) is 24.1 Å². The van der Waals surface area contributed by atoms with Crippen molar-refractivity contribution in [3.63, 3.8) is 0 Å². The van der Waals surface area contributed by atoms with Crippen LogP contribution in [-0.2, 0) is 9.53 Å². The molecule has 31 heavy (non-hydrogen) atoms. The van der Waals surface area contributed by atoms with Gasteiger partial charge in [-0.25, -0.2) is 4.99 Å². The van der Waals surface area contributed by atoms with Crippen molar-refractivity contribution in [2.45, 2.75) is 25.9 Å². The molecule has 0 aliphatic carbocycles. The van der Waals surface area contributed by atoms with E-state index in [9.17, 15) is 4.79 Å². The van der Waals surface area contributed by atoms with Gasteiger partial charge in [0.2, 0.25) is 0 Å². The first-order valence-corrected chi connectivity index (χ1v) is 11.4. The fourth-order valence-corrected chi connectivity index (χ4v) is 4.88. The minimum atomic E-state index is -0.361. The molecule has 2 aliphatic heterocycles. The Morgan fingerprint density at radius 3 is 2.55 bits per heavy atom. The Hall–Kier alpha value is -1.86. The maximum Gasteiger partial charge on any atom is 0.279 e. The van der Waals surface area contributed by atoms with Crippen LogP contribution in [0.15, 0.2) is 58.9 Å². The molecule has 1 amide bonds. The lowest BCUT2D eigenvalue weighted by molar-refractivity contribution is -0.114.